The first-order chi connectivity index (χ1) is 19.1. The smallest absolute Gasteiger partial charge is 0.217 e. The maximum Gasteiger partial charge on any atom is 0.217 e. The van der Waals surface area contributed by atoms with E-state index in [2.05, 4.69) is 36.5 Å². The van der Waals surface area contributed by atoms with Gasteiger partial charge >= 0.3 is 0 Å². The molecule has 2 unspecified atom stereocenters. The number of hydrogen-bond acceptors (Lipinski definition) is 3. The van der Waals surface area contributed by atoms with Gasteiger partial charge in [-0.15, -0.1) is 0 Å². The van der Waals surface area contributed by atoms with Crippen LogP contribution in [0.5, 0.6) is 0 Å². The molecule has 0 spiro atoms. The molecule has 0 aliphatic rings. The molecule has 0 aliphatic carbocycles. The van der Waals surface area contributed by atoms with Gasteiger partial charge < -0.3 is 15.5 Å². The lowest BCUT2D eigenvalue weighted by Crippen LogP contribution is -2.44. The van der Waals surface area contributed by atoms with Crippen molar-refractivity contribution in [2.24, 2.45) is 0 Å². The van der Waals surface area contributed by atoms with E-state index < -0.39 is 12.1 Å². The van der Waals surface area contributed by atoms with Gasteiger partial charge in [0, 0.05) is 6.92 Å². The third kappa shape index (κ3) is 29.4. The number of carbonyl (C=O) groups excluding carboxylic acids is 1. The maximum absolute atomic E-state index is 11.0. The molecule has 0 rings (SSSR count). The molecule has 0 saturated carbocycles. The van der Waals surface area contributed by atoms with Gasteiger partial charge in [-0.1, -0.05) is 153 Å². The van der Waals surface area contributed by atoms with Crippen LogP contribution in [0.2, 0.25) is 0 Å². The Balaban J connectivity index is 3.36. The minimum Gasteiger partial charge on any atom is -0.394 e. The first-order valence-electron chi connectivity index (χ1n) is 16.6. The lowest BCUT2D eigenvalue weighted by atomic mass is 10.0. The highest BCUT2D eigenvalue weighted by atomic mass is 16.3. The van der Waals surface area contributed by atoms with Crippen molar-refractivity contribution in [3.8, 4) is 0 Å². The summed E-state index contributed by atoms with van der Waals surface area (Å²) in [5.74, 6) is -0.256. The van der Waals surface area contributed by atoms with Crippen LogP contribution in [0.15, 0.2) is 36.5 Å². The van der Waals surface area contributed by atoms with Gasteiger partial charge in [0.1, 0.15) is 0 Å². The molecule has 4 heteroatoms. The van der Waals surface area contributed by atoms with Crippen molar-refractivity contribution in [1.82, 2.24) is 5.32 Å². The summed E-state index contributed by atoms with van der Waals surface area (Å²) < 4.78 is 0. The molecule has 0 bridgehead atoms. The van der Waals surface area contributed by atoms with E-state index in [0.29, 0.717) is 0 Å². The molecule has 0 radical (unpaired) electrons. The third-order valence-electron chi connectivity index (χ3n) is 7.39. The lowest BCUT2D eigenvalue weighted by Gasteiger charge is -2.18. The Hall–Kier alpha value is -1.39. The second-order valence-electron chi connectivity index (χ2n) is 11.3. The van der Waals surface area contributed by atoms with Gasteiger partial charge in [0.25, 0.3) is 0 Å². The van der Waals surface area contributed by atoms with E-state index in [4.69, 9.17) is 0 Å². The Kier molecular flexibility index (Phi) is 30.0. The lowest BCUT2D eigenvalue weighted by molar-refractivity contribution is -0.120. The van der Waals surface area contributed by atoms with Gasteiger partial charge in [0.05, 0.1) is 18.8 Å². The number of allylic oxidation sites excluding steroid dienone is 5. The first-order valence-corrected chi connectivity index (χ1v) is 16.6. The number of unbranched alkanes of at least 4 members (excludes halogenated alkanes) is 20. The Morgan fingerprint density at radius 1 is 0.590 bits per heavy atom. The molecular weight excluding hydrogens is 482 g/mol. The fraction of sp³-hybridized carbons (Fsp3) is 0.800. The molecule has 2 atom stereocenters. The van der Waals surface area contributed by atoms with Crippen molar-refractivity contribution < 1.29 is 15.0 Å². The monoisotopic (exact) mass is 547 g/mol. The van der Waals surface area contributed by atoms with Crippen molar-refractivity contribution in [2.75, 3.05) is 6.61 Å². The summed E-state index contributed by atoms with van der Waals surface area (Å²) in [6.07, 6.45) is 42.6. The quantitative estimate of drug-likeness (QED) is 0.0645. The van der Waals surface area contributed by atoms with Gasteiger partial charge in [0.15, 0.2) is 0 Å². The molecule has 3 N–H and O–H groups in total. The normalized spacial score (nSPS) is 13.6. The number of amides is 1. The number of aliphatic hydroxyl groups is 2. The molecule has 0 aromatic heterocycles. The van der Waals surface area contributed by atoms with Crippen molar-refractivity contribution in [1.29, 1.82) is 0 Å². The SMILES string of the molecule is CCCCCCCCCCCCCCCCCCCC/C=C/CC/C=C/CC/C=C/C(O)C(CO)NC(C)=O. The van der Waals surface area contributed by atoms with E-state index in [-0.39, 0.29) is 12.5 Å². The standard InChI is InChI=1S/C35H65NO3/c1-3-4-5-6-7-8-9-10-11-12-13-14-15-16-17-18-19-20-21-22-23-24-25-26-27-28-29-30-31-35(39)34(32-37)36-33(2)38/h22-23,26-27,30-31,34-35,37,39H,3-21,24-25,28-29,32H2,1-2H3,(H,36,38)/b23-22+,27-26+,31-30+. The Morgan fingerprint density at radius 2 is 0.949 bits per heavy atom. The highest BCUT2D eigenvalue weighted by Gasteiger charge is 2.15. The fourth-order valence-electron chi connectivity index (χ4n) is 4.89. The predicted molar refractivity (Wildman–Crippen MR) is 170 cm³/mol. The Bertz CT molecular complexity index is 599. The number of nitrogens with one attached hydrogen (secondary N) is 1. The van der Waals surface area contributed by atoms with Crippen LogP contribution in [0.25, 0.3) is 0 Å². The molecule has 0 aliphatic heterocycles. The summed E-state index contributed by atoms with van der Waals surface area (Å²) in [5, 5.41) is 21.7. The number of rotatable bonds is 29. The van der Waals surface area contributed by atoms with E-state index in [1.807, 2.05) is 6.08 Å². The summed E-state index contributed by atoms with van der Waals surface area (Å²) in [6.45, 7) is 3.39. The second kappa shape index (κ2) is 31.1. The Labute approximate surface area is 242 Å². The number of aliphatic hydroxyl groups excluding tert-OH is 2. The molecule has 39 heavy (non-hydrogen) atoms. The molecule has 0 fully saturated rings. The summed E-state index contributed by atoms with van der Waals surface area (Å²) in [4.78, 5) is 11.0. The van der Waals surface area contributed by atoms with Crippen molar-refractivity contribution in [2.45, 2.75) is 174 Å². The zero-order chi connectivity index (χ0) is 28.7. The number of hydrogen-bond donors (Lipinski definition) is 3. The fourth-order valence-corrected chi connectivity index (χ4v) is 4.89. The van der Waals surface area contributed by atoms with Crippen LogP contribution in [-0.2, 0) is 4.79 Å². The van der Waals surface area contributed by atoms with Gasteiger partial charge in [-0.3, -0.25) is 4.79 Å². The van der Waals surface area contributed by atoms with Gasteiger partial charge in [-0.25, -0.2) is 0 Å². The molecule has 0 aromatic carbocycles. The topological polar surface area (TPSA) is 69.6 Å². The zero-order valence-electron chi connectivity index (χ0n) is 25.9. The van der Waals surface area contributed by atoms with Gasteiger partial charge in [-0.05, 0) is 38.5 Å². The highest BCUT2D eigenvalue weighted by Crippen LogP contribution is 2.14. The van der Waals surface area contributed by atoms with E-state index in [0.717, 1.165) is 25.7 Å². The highest BCUT2D eigenvalue weighted by molar-refractivity contribution is 5.73. The first kappa shape index (κ1) is 37.6. The van der Waals surface area contributed by atoms with Crippen molar-refractivity contribution in [3.05, 3.63) is 36.5 Å². The van der Waals surface area contributed by atoms with Crippen LogP contribution in [0.4, 0.5) is 0 Å². The third-order valence-corrected chi connectivity index (χ3v) is 7.39. The summed E-state index contributed by atoms with van der Waals surface area (Å²) in [7, 11) is 0. The van der Waals surface area contributed by atoms with Crippen molar-refractivity contribution in [3.63, 3.8) is 0 Å². The average Bonchev–Trinajstić information content (AvgIpc) is 2.93. The minimum atomic E-state index is -0.864. The minimum absolute atomic E-state index is 0.256. The maximum atomic E-state index is 11.0. The molecule has 0 saturated heterocycles. The zero-order valence-corrected chi connectivity index (χ0v) is 25.9. The van der Waals surface area contributed by atoms with Gasteiger partial charge in [-0.2, -0.15) is 0 Å². The summed E-state index contributed by atoms with van der Waals surface area (Å²) in [5.41, 5.74) is 0. The molecule has 228 valence electrons. The van der Waals surface area contributed by atoms with E-state index >= 15 is 0 Å². The van der Waals surface area contributed by atoms with Crippen LogP contribution < -0.4 is 5.32 Å². The molecular formula is C35H65NO3. The van der Waals surface area contributed by atoms with E-state index in [1.54, 1.807) is 6.08 Å². The second-order valence-corrected chi connectivity index (χ2v) is 11.3. The van der Waals surface area contributed by atoms with E-state index in [9.17, 15) is 15.0 Å². The molecule has 0 heterocycles. The molecule has 0 aromatic rings. The van der Waals surface area contributed by atoms with Crippen LogP contribution in [0, 0.1) is 0 Å². The molecule has 1 amide bonds. The number of carbonyl (C=O) groups is 1. The molecule has 4 nitrogen and oxygen atoms in total. The average molecular weight is 548 g/mol. The van der Waals surface area contributed by atoms with Crippen LogP contribution in [0.3, 0.4) is 0 Å². The van der Waals surface area contributed by atoms with Crippen LogP contribution in [-0.4, -0.2) is 34.9 Å². The van der Waals surface area contributed by atoms with Crippen LogP contribution >= 0.6 is 0 Å². The predicted octanol–water partition coefficient (Wildman–Crippen LogP) is 9.51. The largest absolute Gasteiger partial charge is 0.394 e. The Morgan fingerprint density at radius 3 is 1.33 bits per heavy atom. The van der Waals surface area contributed by atoms with Gasteiger partial charge in [0.2, 0.25) is 5.91 Å². The van der Waals surface area contributed by atoms with Crippen molar-refractivity contribution >= 4 is 5.91 Å². The van der Waals surface area contributed by atoms with E-state index in [1.165, 1.54) is 129 Å². The summed E-state index contributed by atoms with van der Waals surface area (Å²) in [6, 6.07) is -0.644. The summed E-state index contributed by atoms with van der Waals surface area (Å²) >= 11 is 0. The van der Waals surface area contributed by atoms with Crippen LogP contribution in [0.1, 0.15) is 162 Å².